The Kier molecular flexibility index (Phi) is 4.33. The molecule has 1 amide bonds. The van der Waals surface area contributed by atoms with Gasteiger partial charge in [-0.1, -0.05) is 0 Å². The number of rotatable bonds is 4. The van der Waals surface area contributed by atoms with Crippen molar-refractivity contribution in [1.29, 1.82) is 0 Å². The second-order valence-corrected chi connectivity index (χ2v) is 6.72. The lowest BCUT2D eigenvalue weighted by Crippen LogP contribution is -2.50. The van der Waals surface area contributed by atoms with Crippen molar-refractivity contribution < 1.29 is 14.3 Å². The quantitative estimate of drug-likeness (QED) is 0.810. The van der Waals surface area contributed by atoms with Gasteiger partial charge in [0.25, 0.3) is 0 Å². The Morgan fingerprint density at radius 3 is 2.70 bits per heavy atom. The van der Waals surface area contributed by atoms with Gasteiger partial charge in [-0.2, -0.15) is 5.10 Å². The van der Waals surface area contributed by atoms with Crippen LogP contribution in [-0.4, -0.2) is 73.2 Å². The molecule has 7 heteroatoms. The molecule has 126 valence electrons. The minimum absolute atomic E-state index is 0.216. The van der Waals surface area contributed by atoms with Gasteiger partial charge in [-0.3, -0.25) is 14.4 Å². The molecule has 3 fully saturated rings. The van der Waals surface area contributed by atoms with E-state index in [9.17, 15) is 4.79 Å². The van der Waals surface area contributed by atoms with Gasteiger partial charge in [-0.15, -0.1) is 0 Å². The summed E-state index contributed by atoms with van der Waals surface area (Å²) in [6.45, 7) is 6.87. The van der Waals surface area contributed by atoms with E-state index in [2.05, 4.69) is 10.00 Å². The largest absolute Gasteiger partial charge is 0.379 e. The normalized spacial score (nSPS) is 24.9. The van der Waals surface area contributed by atoms with Gasteiger partial charge < -0.3 is 14.4 Å². The van der Waals surface area contributed by atoms with E-state index in [1.165, 1.54) is 0 Å². The summed E-state index contributed by atoms with van der Waals surface area (Å²) in [5.41, 5.74) is 0.941. The lowest BCUT2D eigenvalue weighted by Gasteiger charge is -2.40. The molecule has 7 nitrogen and oxygen atoms in total. The highest BCUT2D eigenvalue weighted by Gasteiger charge is 2.32. The fourth-order valence-corrected chi connectivity index (χ4v) is 3.58. The number of carbonyl (C=O) groups is 1. The van der Waals surface area contributed by atoms with Crippen LogP contribution in [0.15, 0.2) is 12.4 Å². The summed E-state index contributed by atoms with van der Waals surface area (Å²) >= 11 is 0. The summed E-state index contributed by atoms with van der Waals surface area (Å²) in [4.78, 5) is 16.1. The molecule has 3 saturated heterocycles. The number of ether oxygens (including phenoxy) is 2. The van der Waals surface area contributed by atoms with Gasteiger partial charge >= 0.3 is 0 Å². The molecule has 0 aromatic carbocycles. The molecule has 1 aromatic rings. The van der Waals surface area contributed by atoms with Gasteiger partial charge in [-0.05, 0) is 6.42 Å². The fraction of sp³-hybridized carbons (Fsp3) is 0.750. The van der Waals surface area contributed by atoms with Crippen LogP contribution in [0.3, 0.4) is 0 Å². The van der Waals surface area contributed by atoms with Gasteiger partial charge in [0.05, 0.1) is 44.4 Å². The predicted octanol–water partition coefficient (Wildman–Crippen LogP) is 0.530. The smallest absolute Gasteiger partial charge is 0.227 e. The molecule has 3 aliphatic rings. The average Bonchev–Trinajstić information content (AvgIpc) is 3.05. The molecule has 4 heterocycles. The van der Waals surface area contributed by atoms with E-state index in [0.717, 1.165) is 51.5 Å². The topological polar surface area (TPSA) is 59.8 Å². The second-order valence-electron chi connectivity index (χ2n) is 6.72. The molecule has 0 saturated carbocycles. The van der Waals surface area contributed by atoms with Gasteiger partial charge in [-0.25, -0.2) is 0 Å². The summed E-state index contributed by atoms with van der Waals surface area (Å²) in [6.07, 6.45) is 5.45. The first-order valence-electron chi connectivity index (χ1n) is 8.52. The van der Waals surface area contributed by atoms with Crippen LogP contribution in [0, 0.1) is 5.92 Å². The Morgan fingerprint density at radius 2 is 2.00 bits per heavy atom. The first-order chi connectivity index (χ1) is 11.3. The monoisotopic (exact) mass is 320 g/mol. The fourth-order valence-electron chi connectivity index (χ4n) is 3.58. The first kappa shape index (κ1) is 15.1. The van der Waals surface area contributed by atoms with E-state index in [-0.39, 0.29) is 5.91 Å². The molecule has 3 aliphatic heterocycles. The SMILES string of the molecule is O=C1CCCN1c1cnn(C2CN(CC3COCCOC3)C2)c1. The Hall–Kier alpha value is -1.44. The van der Waals surface area contributed by atoms with Crippen LogP contribution < -0.4 is 4.90 Å². The maximum Gasteiger partial charge on any atom is 0.227 e. The molecular weight excluding hydrogens is 296 g/mol. The van der Waals surface area contributed by atoms with Crippen LogP contribution in [0.5, 0.6) is 0 Å². The van der Waals surface area contributed by atoms with E-state index < -0.39 is 0 Å². The van der Waals surface area contributed by atoms with Crippen LogP contribution in [0.2, 0.25) is 0 Å². The Bertz CT molecular complexity index is 547. The van der Waals surface area contributed by atoms with Gasteiger partial charge in [0.2, 0.25) is 5.91 Å². The van der Waals surface area contributed by atoms with Crippen LogP contribution in [-0.2, 0) is 14.3 Å². The third kappa shape index (κ3) is 3.27. The molecule has 0 atom stereocenters. The summed E-state index contributed by atoms with van der Waals surface area (Å²) < 4.78 is 13.1. The molecular formula is C16H24N4O3. The Morgan fingerprint density at radius 1 is 1.22 bits per heavy atom. The van der Waals surface area contributed by atoms with Crippen LogP contribution in [0.1, 0.15) is 18.9 Å². The van der Waals surface area contributed by atoms with Crippen molar-refractivity contribution >= 4 is 11.6 Å². The molecule has 0 aliphatic carbocycles. The summed E-state index contributed by atoms with van der Waals surface area (Å²) in [5.74, 6) is 0.682. The number of carbonyl (C=O) groups excluding carboxylic acids is 1. The van der Waals surface area contributed by atoms with Crippen molar-refractivity contribution in [2.45, 2.75) is 18.9 Å². The Labute approximate surface area is 136 Å². The van der Waals surface area contributed by atoms with Crippen molar-refractivity contribution in [3.05, 3.63) is 12.4 Å². The lowest BCUT2D eigenvalue weighted by molar-refractivity contribution is -0.117. The van der Waals surface area contributed by atoms with E-state index in [1.54, 1.807) is 0 Å². The minimum atomic E-state index is 0.216. The number of aromatic nitrogens is 2. The number of hydrogen-bond donors (Lipinski definition) is 0. The highest BCUT2D eigenvalue weighted by atomic mass is 16.5. The van der Waals surface area contributed by atoms with Crippen molar-refractivity contribution in [3.63, 3.8) is 0 Å². The van der Waals surface area contributed by atoms with Crippen LogP contribution in [0.4, 0.5) is 5.69 Å². The first-order valence-corrected chi connectivity index (χ1v) is 8.52. The molecule has 4 rings (SSSR count). The van der Waals surface area contributed by atoms with Crippen molar-refractivity contribution in [1.82, 2.24) is 14.7 Å². The Balaban J connectivity index is 1.28. The number of likely N-dealkylation sites (tertiary alicyclic amines) is 1. The van der Waals surface area contributed by atoms with Gasteiger partial charge in [0.15, 0.2) is 0 Å². The molecule has 0 bridgehead atoms. The standard InChI is InChI=1S/C16H24N4O3/c21-16-2-1-3-19(16)14-6-17-20(10-14)15-8-18(9-15)7-13-11-22-4-5-23-12-13/h6,10,13,15H,1-5,7-9,11-12H2. The number of hydrogen-bond acceptors (Lipinski definition) is 5. The van der Waals surface area contributed by atoms with E-state index in [0.29, 0.717) is 31.6 Å². The maximum atomic E-state index is 11.8. The summed E-state index contributed by atoms with van der Waals surface area (Å²) in [5, 5.41) is 4.46. The van der Waals surface area contributed by atoms with E-state index >= 15 is 0 Å². The number of amides is 1. The lowest BCUT2D eigenvalue weighted by atomic mass is 10.1. The van der Waals surface area contributed by atoms with E-state index in [1.807, 2.05) is 22.0 Å². The third-order valence-electron chi connectivity index (χ3n) is 4.88. The van der Waals surface area contributed by atoms with Crippen LogP contribution in [0.25, 0.3) is 0 Å². The molecule has 0 radical (unpaired) electrons. The average molecular weight is 320 g/mol. The minimum Gasteiger partial charge on any atom is -0.379 e. The highest BCUT2D eigenvalue weighted by Crippen LogP contribution is 2.26. The third-order valence-corrected chi connectivity index (χ3v) is 4.88. The number of nitrogens with zero attached hydrogens (tertiary/aromatic N) is 4. The van der Waals surface area contributed by atoms with Crippen molar-refractivity contribution in [2.24, 2.45) is 5.92 Å². The molecule has 0 N–H and O–H groups in total. The summed E-state index contributed by atoms with van der Waals surface area (Å²) in [7, 11) is 0. The highest BCUT2D eigenvalue weighted by molar-refractivity contribution is 5.95. The zero-order valence-electron chi connectivity index (χ0n) is 13.4. The van der Waals surface area contributed by atoms with Crippen molar-refractivity contribution in [3.8, 4) is 0 Å². The molecule has 23 heavy (non-hydrogen) atoms. The van der Waals surface area contributed by atoms with Crippen LogP contribution >= 0.6 is 0 Å². The summed E-state index contributed by atoms with van der Waals surface area (Å²) in [6, 6.07) is 0.411. The van der Waals surface area contributed by atoms with Crippen molar-refractivity contribution in [2.75, 3.05) is 57.5 Å². The second kappa shape index (κ2) is 6.59. The molecule has 0 spiro atoms. The number of anilines is 1. The predicted molar refractivity (Wildman–Crippen MR) is 84.4 cm³/mol. The zero-order chi connectivity index (χ0) is 15.6. The van der Waals surface area contributed by atoms with E-state index in [4.69, 9.17) is 9.47 Å². The zero-order valence-corrected chi connectivity index (χ0v) is 13.4. The molecule has 0 unspecified atom stereocenters. The maximum absolute atomic E-state index is 11.8. The molecule has 1 aromatic heterocycles. The van der Waals surface area contributed by atoms with Gasteiger partial charge in [0.1, 0.15) is 0 Å². The van der Waals surface area contributed by atoms with Gasteiger partial charge in [0, 0.05) is 44.7 Å².